The first-order valence-corrected chi connectivity index (χ1v) is 2.92. The Bertz CT molecular complexity index is 186. The summed E-state index contributed by atoms with van der Waals surface area (Å²) in [6.45, 7) is -0.107. The van der Waals surface area contributed by atoms with Gasteiger partial charge >= 0.3 is 0 Å². The number of hydrogen-bond acceptors (Lipinski definition) is 1. The van der Waals surface area contributed by atoms with Crippen molar-refractivity contribution in [3.63, 3.8) is 0 Å². The maximum Gasteiger partial charge on any atom is 0.0471 e. The molecule has 1 aromatic rings. The molecular formula is C8H10O. The third kappa shape index (κ3) is 1.86. The normalized spacial score (nSPS) is 14.6. The van der Waals surface area contributed by atoms with Gasteiger partial charge in [-0.05, 0) is 12.0 Å². The van der Waals surface area contributed by atoms with Gasteiger partial charge in [-0.2, -0.15) is 0 Å². The molecule has 0 heterocycles. The molecule has 0 fully saturated rings. The van der Waals surface area contributed by atoms with Gasteiger partial charge in [-0.3, -0.25) is 0 Å². The molecule has 1 N–H and O–H groups in total. The van der Waals surface area contributed by atoms with E-state index in [4.69, 9.17) is 6.48 Å². The molecule has 1 atom stereocenters. The Kier molecular flexibility index (Phi) is 1.81. The lowest BCUT2D eigenvalue weighted by Crippen LogP contribution is -1.88. The highest BCUT2D eigenvalue weighted by Gasteiger charge is 1.85. The van der Waals surface area contributed by atoms with Crippen LogP contribution in [-0.2, 0) is 6.40 Å². The van der Waals surface area contributed by atoms with E-state index in [2.05, 4.69) is 0 Å². The molecule has 0 radical (unpaired) electrons. The number of benzene rings is 1. The van der Waals surface area contributed by atoms with Crippen LogP contribution in [0.15, 0.2) is 30.3 Å². The van der Waals surface area contributed by atoms with E-state index >= 15 is 0 Å². The molecule has 0 saturated heterocycles. The van der Waals surface area contributed by atoms with Gasteiger partial charge in [-0.25, -0.2) is 0 Å². The Labute approximate surface area is 56.4 Å². The molecule has 1 rings (SSSR count). The van der Waals surface area contributed by atoms with Gasteiger partial charge in [0.15, 0.2) is 0 Å². The molecule has 0 aliphatic carbocycles. The number of rotatable bonds is 2. The fourth-order valence-corrected chi connectivity index (χ4v) is 0.695. The molecule has 0 aromatic heterocycles. The maximum atomic E-state index is 8.60. The van der Waals surface area contributed by atoms with Crippen LogP contribution in [0.1, 0.15) is 6.93 Å². The minimum Gasteiger partial charge on any atom is -0.396 e. The monoisotopic (exact) mass is 123 g/mol. The molecule has 9 heavy (non-hydrogen) atoms. The fraction of sp³-hybridized carbons (Fsp3) is 0.250. The van der Waals surface area contributed by atoms with E-state index in [1.54, 1.807) is 0 Å². The number of aliphatic hydroxyl groups is 1. The van der Waals surface area contributed by atoms with Gasteiger partial charge in [0, 0.05) is 7.98 Å². The van der Waals surface area contributed by atoms with Crippen LogP contribution >= 0.6 is 0 Å². The van der Waals surface area contributed by atoms with Crippen LogP contribution in [0.2, 0.25) is 0 Å². The van der Waals surface area contributed by atoms with Gasteiger partial charge in [0.25, 0.3) is 0 Å². The molecule has 0 aliphatic rings. The quantitative estimate of drug-likeness (QED) is 0.627. The molecule has 1 nitrogen and oxygen atoms in total. The van der Waals surface area contributed by atoms with E-state index in [1.165, 1.54) is 0 Å². The molecule has 0 spiro atoms. The second-order valence-electron chi connectivity index (χ2n) is 1.80. The highest BCUT2D eigenvalue weighted by molar-refractivity contribution is 5.14. The first-order chi connectivity index (χ1) is 4.84. The first-order valence-electron chi connectivity index (χ1n) is 3.50. The van der Waals surface area contributed by atoms with Crippen molar-refractivity contribution in [2.75, 3.05) is 6.61 Å². The Hall–Kier alpha value is -0.820. The van der Waals surface area contributed by atoms with Crippen molar-refractivity contribution in [2.45, 2.75) is 6.40 Å². The third-order valence-corrected chi connectivity index (χ3v) is 1.13. The summed E-state index contributed by atoms with van der Waals surface area (Å²) in [4.78, 5) is 0. The van der Waals surface area contributed by atoms with Crippen molar-refractivity contribution in [2.24, 2.45) is 0 Å². The van der Waals surface area contributed by atoms with E-state index in [0.717, 1.165) is 5.56 Å². The standard InChI is InChI=1S/C8H10O/c9-7-6-8-4-2-1-3-5-8/h1-5,9H,6-7H2/i6D/t6-/m0/s1. The molecule has 48 valence electrons. The van der Waals surface area contributed by atoms with Crippen molar-refractivity contribution in [1.29, 1.82) is 0 Å². The highest BCUT2D eigenvalue weighted by atomic mass is 16.2. The summed E-state index contributed by atoms with van der Waals surface area (Å²) in [6, 6.07) is 9.31. The zero-order valence-corrected chi connectivity index (χ0v) is 5.12. The smallest absolute Gasteiger partial charge is 0.0471 e. The van der Waals surface area contributed by atoms with E-state index < -0.39 is 6.40 Å². The zero-order chi connectivity index (χ0) is 7.40. The molecule has 1 heteroatoms. The zero-order valence-electron chi connectivity index (χ0n) is 6.12. The van der Waals surface area contributed by atoms with Gasteiger partial charge in [0.2, 0.25) is 0 Å². The summed E-state index contributed by atoms with van der Waals surface area (Å²) < 4.78 is 7.31. The lowest BCUT2D eigenvalue weighted by Gasteiger charge is -1.93. The molecule has 0 unspecified atom stereocenters. The lowest BCUT2D eigenvalue weighted by molar-refractivity contribution is 0.299. The van der Waals surface area contributed by atoms with Crippen LogP contribution in [0.3, 0.4) is 0 Å². The van der Waals surface area contributed by atoms with Crippen LogP contribution in [0.25, 0.3) is 0 Å². The summed E-state index contributed by atoms with van der Waals surface area (Å²) >= 11 is 0. The summed E-state index contributed by atoms with van der Waals surface area (Å²) in [5.74, 6) is 0. The van der Waals surface area contributed by atoms with Gasteiger partial charge in [-0.1, -0.05) is 30.3 Å². The van der Waals surface area contributed by atoms with Crippen LogP contribution < -0.4 is 0 Å². The van der Waals surface area contributed by atoms with Crippen molar-refractivity contribution in [1.82, 2.24) is 0 Å². The minimum absolute atomic E-state index is 0.107. The van der Waals surface area contributed by atoms with Crippen LogP contribution in [-0.4, -0.2) is 11.7 Å². The van der Waals surface area contributed by atoms with Crippen molar-refractivity contribution in [3.8, 4) is 0 Å². The topological polar surface area (TPSA) is 20.2 Å². The predicted molar refractivity (Wildman–Crippen MR) is 37.2 cm³/mol. The van der Waals surface area contributed by atoms with Crippen molar-refractivity contribution in [3.05, 3.63) is 35.9 Å². The van der Waals surface area contributed by atoms with Gasteiger partial charge in [-0.15, -0.1) is 0 Å². The number of hydrogen-bond donors (Lipinski definition) is 1. The average molecular weight is 123 g/mol. The summed E-state index contributed by atoms with van der Waals surface area (Å²) in [5, 5.41) is 8.60. The fourth-order valence-electron chi connectivity index (χ4n) is 0.695. The summed E-state index contributed by atoms with van der Waals surface area (Å²) in [5.41, 5.74) is 0.866. The summed E-state index contributed by atoms with van der Waals surface area (Å²) in [7, 11) is 0. The van der Waals surface area contributed by atoms with E-state index in [1.807, 2.05) is 30.3 Å². The predicted octanol–water partition coefficient (Wildman–Crippen LogP) is 1.22. The van der Waals surface area contributed by atoms with E-state index in [-0.39, 0.29) is 6.61 Å². The van der Waals surface area contributed by atoms with E-state index in [0.29, 0.717) is 0 Å². The largest absolute Gasteiger partial charge is 0.396 e. The Morgan fingerprint density at radius 3 is 2.56 bits per heavy atom. The molecule has 0 bridgehead atoms. The van der Waals surface area contributed by atoms with E-state index in [9.17, 15) is 0 Å². The third-order valence-electron chi connectivity index (χ3n) is 1.13. The Morgan fingerprint density at radius 2 is 2.00 bits per heavy atom. The Morgan fingerprint density at radius 1 is 1.33 bits per heavy atom. The van der Waals surface area contributed by atoms with Crippen molar-refractivity contribution < 1.29 is 6.48 Å². The van der Waals surface area contributed by atoms with Gasteiger partial charge in [0.05, 0.1) is 0 Å². The average Bonchev–Trinajstić information content (AvgIpc) is 2.05. The first kappa shape index (κ1) is 5.00. The second kappa shape index (κ2) is 3.25. The maximum absolute atomic E-state index is 8.60. The molecule has 0 amide bonds. The van der Waals surface area contributed by atoms with Gasteiger partial charge < -0.3 is 5.11 Å². The minimum atomic E-state index is -0.485. The second-order valence-corrected chi connectivity index (χ2v) is 1.80. The molecular weight excluding hydrogens is 112 g/mol. The van der Waals surface area contributed by atoms with Gasteiger partial charge in [0.1, 0.15) is 0 Å². The SMILES string of the molecule is [2H][C@@H](CO)c1ccccc1. The number of aliphatic hydroxyl groups excluding tert-OH is 1. The molecule has 0 saturated carbocycles. The molecule has 1 aromatic carbocycles. The molecule has 0 aliphatic heterocycles. The Balaban J connectivity index is 2.75. The summed E-state index contributed by atoms with van der Waals surface area (Å²) in [6.07, 6.45) is -0.485. The van der Waals surface area contributed by atoms with Crippen LogP contribution in [0.5, 0.6) is 0 Å². The van der Waals surface area contributed by atoms with Crippen LogP contribution in [0.4, 0.5) is 0 Å². The lowest BCUT2D eigenvalue weighted by atomic mass is 10.2. The highest BCUT2D eigenvalue weighted by Crippen LogP contribution is 1.97. The van der Waals surface area contributed by atoms with Crippen molar-refractivity contribution >= 4 is 0 Å². The van der Waals surface area contributed by atoms with Crippen LogP contribution in [0, 0.1) is 0 Å².